The van der Waals surface area contributed by atoms with E-state index in [9.17, 15) is 29.1 Å². The van der Waals surface area contributed by atoms with Gasteiger partial charge in [-0.05, 0) is 56.3 Å². The quantitative estimate of drug-likeness (QED) is 0.213. The van der Waals surface area contributed by atoms with Gasteiger partial charge in [-0.25, -0.2) is 4.79 Å². The summed E-state index contributed by atoms with van der Waals surface area (Å²) >= 11 is 0. The number of hydrogen-bond donors (Lipinski definition) is 1. The van der Waals surface area contributed by atoms with Crippen molar-refractivity contribution in [2.45, 2.75) is 156 Å². The minimum atomic E-state index is -1.89. The van der Waals surface area contributed by atoms with E-state index >= 15 is 4.79 Å². The van der Waals surface area contributed by atoms with Crippen molar-refractivity contribution < 1.29 is 67.0 Å². The van der Waals surface area contributed by atoms with Crippen LogP contribution in [0.15, 0.2) is 0 Å². The highest BCUT2D eigenvalue weighted by Crippen LogP contribution is 2.81. The smallest absolute Gasteiger partial charge is 0.353 e. The van der Waals surface area contributed by atoms with E-state index in [1.165, 1.54) is 20.8 Å². The first-order chi connectivity index (χ1) is 26.0. The van der Waals surface area contributed by atoms with E-state index < -0.39 is 130 Å². The van der Waals surface area contributed by atoms with E-state index in [1.807, 2.05) is 48.5 Å². The first-order valence-electron chi connectivity index (χ1n) is 20.5. The molecule has 56 heavy (non-hydrogen) atoms. The van der Waals surface area contributed by atoms with Crippen LogP contribution in [0.25, 0.3) is 0 Å². The third-order valence-corrected chi connectivity index (χ3v) is 16.1. The van der Waals surface area contributed by atoms with E-state index in [1.54, 1.807) is 6.92 Å². The molecule has 3 saturated heterocycles. The van der Waals surface area contributed by atoms with E-state index in [4.69, 9.17) is 33.2 Å². The molecule has 8 fully saturated rings. The molecule has 14 nitrogen and oxygen atoms in total. The Labute approximate surface area is 327 Å². The van der Waals surface area contributed by atoms with Gasteiger partial charge in [0.2, 0.25) is 5.60 Å². The van der Waals surface area contributed by atoms with E-state index in [0.29, 0.717) is 6.42 Å². The largest absolute Gasteiger partial charge is 0.462 e. The summed E-state index contributed by atoms with van der Waals surface area (Å²) in [5.41, 5.74) is -5.49. The lowest BCUT2D eigenvalue weighted by Crippen LogP contribution is -2.70. The lowest BCUT2D eigenvalue weighted by molar-refractivity contribution is -0.238. The molecular formula is C42H58O14. The van der Waals surface area contributed by atoms with E-state index in [0.717, 1.165) is 0 Å². The summed E-state index contributed by atoms with van der Waals surface area (Å²) in [7, 11) is 0. The number of epoxide rings is 2. The molecule has 14 heteroatoms. The molecule has 0 aromatic heterocycles. The van der Waals surface area contributed by atoms with Gasteiger partial charge in [0.05, 0.1) is 17.6 Å². The Morgan fingerprint density at radius 1 is 0.839 bits per heavy atom. The Balaban J connectivity index is 1.32. The molecule has 3 aliphatic heterocycles. The molecular weight excluding hydrogens is 728 g/mol. The summed E-state index contributed by atoms with van der Waals surface area (Å²) in [5, 5.41) is 13.3. The molecule has 0 bridgehead atoms. The fourth-order valence-electron chi connectivity index (χ4n) is 13.9. The van der Waals surface area contributed by atoms with Crippen LogP contribution in [-0.4, -0.2) is 94.9 Å². The summed E-state index contributed by atoms with van der Waals surface area (Å²) in [6.45, 7) is 19.3. The minimum Gasteiger partial charge on any atom is -0.462 e. The zero-order valence-corrected chi connectivity index (χ0v) is 34.3. The number of carbonyl (C=O) groups excluding carboxylic acids is 6. The van der Waals surface area contributed by atoms with Crippen molar-refractivity contribution in [3.05, 3.63) is 0 Å². The van der Waals surface area contributed by atoms with Crippen molar-refractivity contribution in [2.24, 2.45) is 69.5 Å². The number of rotatable bonds is 8. The molecule has 8 rings (SSSR count). The predicted octanol–water partition coefficient (Wildman–Crippen LogP) is 3.71. The lowest BCUT2D eigenvalue weighted by atomic mass is 9.41. The Hall–Kier alpha value is -3.10. The maximum absolute atomic E-state index is 15.2. The molecule has 1 spiro atoms. The highest BCUT2D eigenvalue weighted by Gasteiger charge is 2.93. The maximum atomic E-state index is 15.2. The van der Waals surface area contributed by atoms with Gasteiger partial charge in [0.25, 0.3) is 5.79 Å². The number of aliphatic hydroxyl groups excluding tert-OH is 1. The van der Waals surface area contributed by atoms with Crippen LogP contribution in [0.1, 0.15) is 102 Å². The van der Waals surface area contributed by atoms with Gasteiger partial charge in [-0.2, -0.15) is 0 Å². The normalized spacial score (nSPS) is 51.5. The topological polar surface area (TPSA) is 194 Å². The average molecular weight is 787 g/mol. The summed E-state index contributed by atoms with van der Waals surface area (Å²) in [6.07, 6.45) is -5.03. The van der Waals surface area contributed by atoms with Crippen molar-refractivity contribution in [2.75, 3.05) is 0 Å². The van der Waals surface area contributed by atoms with Gasteiger partial charge in [-0.1, -0.05) is 48.5 Å². The third-order valence-electron chi connectivity index (χ3n) is 16.1. The zero-order valence-electron chi connectivity index (χ0n) is 34.3. The number of carbonyl (C=O) groups is 6. The highest BCUT2D eigenvalue weighted by atomic mass is 16.8. The third kappa shape index (κ3) is 4.96. The van der Waals surface area contributed by atoms with E-state index in [2.05, 4.69) is 0 Å². The molecule has 8 aliphatic rings. The predicted molar refractivity (Wildman–Crippen MR) is 191 cm³/mol. The van der Waals surface area contributed by atoms with E-state index in [-0.39, 0.29) is 48.9 Å². The van der Waals surface area contributed by atoms with Crippen molar-refractivity contribution in [1.29, 1.82) is 0 Å². The zero-order chi connectivity index (χ0) is 41.0. The fraction of sp³-hybridized carbons (Fsp3) is 0.857. The number of fused-ring (bicyclic) bond motifs is 9. The second kappa shape index (κ2) is 12.5. The van der Waals surface area contributed by atoms with Crippen molar-refractivity contribution in [3.8, 4) is 0 Å². The van der Waals surface area contributed by atoms with Crippen LogP contribution in [0.2, 0.25) is 0 Å². The van der Waals surface area contributed by atoms with Crippen molar-refractivity contribution in [3.63, 3.8) is 0 Å². The van der Waals surface area contributed by atoms with Crippen LogP contribution in [0.3, 0.4) is 0 Å². The molecule has 0 radical (unpaired) electrons. The second-order valence-corrected chi connectivity index (χ2v) is 19.9. The number of esters is 5. The summed E-state index contributed by atoms with van der Waals surface area (Å²) in [6, 6.07) is 0. The summed E-state index contributed by atoms with van der Waals surface area (Å²) in [4.78, 5) is 82.3. The summed E-state index contributed by atoms with van der Waals surface area (Å²) < 4.78 is 43.4. The molecule has 5 aliphatic carbocycles. The fourth-order valence-corrected chi connectivity index (χ4v) is 13.9. The van der Waals surface area contributed by atoms with Crippen LogP contribution in [0.5, 0.6) is 0 Å². The Morgan fingerprint density at radius 3 is 2.07 bits per heavy atom. The minimum absolute atomic E-state index is 0.0439. The molecule has 19 atom stereocenters. The van der Waals surface area contributed by atoms with Crippen LogP contribution in [0.4, 0.5) is 0 Å². The Morgan fingerprint density at radius 2 is 1.46 bits per heavy atom. The number of hydrogen-bond acceptors (Lipinski definition) is 14. The lowest BCUT2D eigenvalue weighted by Gasteiger charge is -2.63. The van der Waals surface area contributed by atoms with Gasteiger partial charge in [0, 0.05) is 61.2 Å². The van der Waals surface area contributed by atoms with Gasteiger partial charge in [0.15, 0.2) is 11.9 Å². The Bertz CT molecular complexity index is 1760. The first-order valence-corrected chi connectivity index (χ1v) is 20.5. The number of ether oxygens (including phenoxy) is 7. The van der Waals surface area contributed by atoms with Crippen LogP contribution >= 0.6 is 0 Å². The SMILES string of the molecule is CC(=O)O[C@H]1C[C@H]2[C@H]([C@@H]3[C@@H](O)[C@@H]4[C@H]([C@H](C)[C@H]5O[C@]56OC(=O)[C@@](C)(OC(=O)CC(C)C)[C@]46C)[C@]31C)[C@@H](OC(=O)CC(C)C)C(=O)[C@H]1C[C@@H]3O[C@@H]3[C@H](OC(C)=O)[C@@]12C. The summed E-state index contributed by atoms with van der Waals surface area (Å²) in [5.74, 6) is -9.71. The molecule has 0 unspecified atom stereocenters. The number of ketones is 1. The number of Topliss-reactive ketones (excluding diaryl/α,β-unsaturated/α-hetero) is 1. The van der Waals surface area contributed by atoms with Crippen LogP contribution in [-0.2, 0) is 61.9 Å². The second-order valence-electron chi connectivity index (χ2n) is 19.9. The van der Waals surface area contributed by atoms with Gasteiger partial charge in [-0.15, -0.1) is 0 Å². The molecule has 1 N–H and O–H groups in total. The molecule has 5 saturated carbocycles. The van der Waals surface area contributed by atoms with Gasteiger partial charge in [-0.3, -0.25) is 24.0 Å². The van der Waals surface area contributed by atoms with Crippen LogP contribution < -0.4 is 0 Å². The first kappa shape index (κ1) is 39.7. The molecule has 0 amide bonds. The number of aliphatic hydroxyl groups is 1. The van der Waals surface area contributed by atoms with Gasteiger partial charge < -0.3 is 38.3 Å². The van der Waals surface area contributed by atoms with Crippen molar-refractivity contribution in [1.82, 2.24) is 0 Å². The average Bonchev–Trinajstić information content (AvgIpc) is 3.98. The van der Waals surface area contributed by atoms with Gasteiger partial charge in [0.1, 0.15) is 24.4 Å². The molecule has 310 valence electrons. The standard InChI is InChI=1S/C42H58O14/c1-16(2)12-25(45)53-34-27-21(38(8)22(31(34)47)14-23-33(52-23)36(38)51-20(7)44)15-24(50-19(6)43)39(9)28-18(5)35-42(55-35)40(10,30(28)32(48)29(27)39)41(11,37(49)56-42)54-26(46)13-17(3)4/h16-18,21-24,27-30,32-36,48H,12-15H2,1-11H3/t18-,21-,22+,23-,24-,27+,28-,29+,30-,32+,33-,34+,35+,36-,38+,39+,40-,41+,42-/m0/s1. The monoisotopic (exact) mass is 786 g/mol. The molecule has 3 heterocycles. The van der Waals surface area contributed by atoms with Crippen molar-refractivity contribution >= 4 is 35.6 Å². The van der Waals surface area contributed by atoms with Crippen LogP contribution in [0, 0.1) is 69.5 Å². The Kier molecular flexibility index (Phi) is 8.83. The highest BCUT2D eigenvalue weighted by molar-refractivity contribution is 5.91. The van der Waals surface area contributed by atoms with Gasteiger partial charge >= 0.3 is 29.8 Å². The molecule has 0 aromatic rings. The maximum Gasteiger partial charge on any atom is 0.353 e. The molecule has 0 aromatic carbocycles.